The predicted octanol–water partition coefficient (Wildman–Crippen LogP) is 0.520. The fraction of sp³-hybridized carbons (Fsp3) is 0. The summed E-state index contributed by atoms with van der Waals surface area (Å²) in [5.74, 6) is -1.96. The van der Waals surface area contributed by atoms with Gasteiger partial charge in [-0.15, -0.1) is 0 Å². The number of hydrazone groups is 1. The van der Waals surface area contributed by atoms with Crippen LogP contribution in [0, 0.1) is 26.9 Å². The van der Waals surface area contributed by atoms with E-state index in [1.165, 1.54) is 6.07 Å². The summed E-state index contributed by atoms with van der Waals surface area (Å²) in [7, 11) is 0. The summed E-state index contributed by atoms with van der Waals surface area (Å²) in [5.41, 5.74) is 5.93. The smallest absolute Gasteiger partial charge is 0.337 e. The monoisotopic (exact) mass is 276 g/mol. The molecule has 10 heteroatoms. The summed E-state index contributed by atoms with van der Waals surface area (Å²) in [6.45, 7) is 0. The van der Waals surface area contributed by atoms with Gasteiger partial charge < -0.3 is 10.8 Å². The first kappa shape index (κ1) is 14.6. The molecule has 0 amide bonds. The minimum atomic E-state index is -1.33. The molecule has 0 atom stereocenters. The van der Waals surface area contributed by atoms with Gasteiger partial charge in [0.15, 0.2) is 5.84 Å². The van der Waals surface area contributed by atoms with Crippen LogP contribution in [0.3, 0.4) is 0 Å². The number of nitrogens with one attached hydrogen (secondary N) is 2. The lowest BCUT2D eigenvalue weighted by Crippen LogP contribution is -2.22. The average Bonchev–Trinajstić information content (AvgIpc) is 2.38. The lowest BCUT2D eigenvalue weighted by molar-refractivity contribution is -0.384. The number of nitro benzene ring substituents is 1. The number of non-ortho nitro benzene ring substituents is 1. The van der Waals surface area contributed by atoms with E-state index in [0.29, 0.717) is 0 Å². The maximum Gasteiger partial charge on any atom is 0.337 e. The Morgan fingerprint density at radius 1 is 1.60 bits per heavy atom. The van der Waals surface area contributed by atoms with Gasteiger partial charge in [-0.2, -0.15) is 10.4 Å². The van der Waals surface area contributed by atoms with Gasteiger partial charge in [-0.3, -0.25) is 20.9 Å². The predicted molar refractivity (Wildman–Crippen MR) is 68.6 cm³/mol. The molecule has 20 heavy (non-hydrogen) atoms. The first-order chi connectivity index (χ1) is 9.36. The normalized spacial score (nSPS) is 10.4. The van der Waals surface area contributed by atoms with Crippen molar-refractivity contribution in [1.29, 1.82) is 10.7 Å². The Morgan fingerprint density at radius 3 is 2.70 bits per heavy atom. The molecule has 0 spiro atoms. The van der Waals surface area contributed by atoms with Gasteiger partial charge in [-0.1, -0.05) is 0 Å². The lowest BCUT2D eigenvalue weighted by Gasteiger charge is -2.05. The van der Waals surface area contributed by atoms with Gasteiger partial charge in [0.25, 0.3) is 5.69 Å². The molecule has 1 aromatic rings. The summed E-state index contributed by atoms with van der Waals surface area (Å²) in [5, 5.41) is 38.6. The van der Waals surface area contributed by atoms with E-state index in [4.69, 9.17) is 21.5 Å². The zero-order chi connectivity index (χ0) is 15.3. The van der Waals surface area contributed by atoms with Crippen LogP contribution in [0.1, 0.15) is 10.4 Å². The number of anilines is 1. The van der Waals surface area contributed by atoms with E-state index in [1.807, 2.05) is 0 Å². The molecule has 0 fully saturated rings. The number of carboxylic acids is 1. The molecule has 1 aromatic carbocycles. The minimum Gasteiger partial charge on any atom is -0.478 e. The number of carbonyl (C=O) groups is 1. The third-order valence-corrected chi connectivity index (χ3v) is 2.09. The molecule has 0 saturated carbocycles. The summed E-state index contributed by atoms with van der Waals surface area (Å²) in [4.78, 5) is 20.9. The fourth-order valence-electron chi connectivity index (χ4n) is 1.19. The van der Waals surface area contributed by atoms with Gasteiger partial charge in [0.1, 0.15) is 6.07 Å². The van der Waals surface area contributed by atoms with Crippen molar-refractivity contribution in [2.24, 2.45) is 10.8 Å². The Kier molecular flexibility index (Phi) is 4.31. The molecule has 0 aliphatic rings. The van der Waals surface area contributed by atoms with Crippen LogP contribution in [0.4, 0.5) is 11.4 Å². The highest BCUT2D eigenvalue weighted by molar-refractivity contribution is 6.45. The quantitative estimate of drug-likeness (QED) is 0.262. The Labute approximate surface area is 111 Å². The average molecular weight is 276 g/mol. The maximum atomic E-state index is 11.0. The standard InChI is InChI=1S/C10H8N6O4/c11-4-8(9(12)13)15-14-7-3-5(16(19)20)1-2-6(7)10(17)18/h1-3,14H,(H3,12,13)(H,17,18)/b15-8+. The Hall–Kier alpha value is -3.48. The number of rotatable bonds is 5. The Balaban J connectivity index is 3.24. The number of carboxylic acid groups (broad SMARTS) is 1. The molecule has 0 radical (unpaired) electrons. The molecule has 102 valence electrons. The molecule has 0 saturated heterocycles. The number of nitriles is 1. The van der Waals surface area contributed by atoms with Crippen molar-refractivity contribution >= 4 is 28.9 Å². The van der Waals surface area contributed by atoms with Crippen molar-refractivity contribution < 1.29 is 14.8 Å². The fourth-order valence-corrected chi connectivity index (χ4v) is 1.19. The van der Waals surface area contributed by atoms with Gasteiger partial charge in [0.2, 0.25) is 5.71 Å². The van der Waals surface area contributed by atoms with Crippen LogP contribution >= 0.6 is 0 Å². The van der Waals surface area contributed by atoms with Gasteiger partial charge in [-0.05, 0) is 6.07 Å². The first-order valence-electron chi connectivity index (χ1n) is 4.96. The largest absolute Gasteiger partial charge is 0.478 e. The second-order valence-electron chi connectivity index (χ2n) is 3.39. The number of amidine groups is 1. The molecule has 10 nitrogen and oxygen atoms in total. The number of hydrogen-bond acceptors (Lipinski definition) is 7. The number of aromatic carboxylic acids is 1. The zero-order valence-electron chi connectivity index (χ0n) is 9.82. The highest BCUT2D eigenvalue weighted by atomic mass is 16.6. The molecular weight excluding hydrogens is 268 g/mol. The lowest BCUT2D eigenvalue weighted by atomic mass is 10.1. The highest BCUT2D eigenvalue weighted by Crippen LogP contribution is 2.22. The van der Waals surface area contributed by atoms with Gasteiger partial charge >= 0.3 is 5.97 Å². The number of nitrogens with zero attached hydrogens (tertiary/aromatic N) is 3. The van der Waals surface area contributed by atoms with Gasteiger partial charge in [0.05, 0.1) is 16.2 Å². The molecule has 0 aromatic heterocycles. The molecule has 0 heterocycles. The van der Waals surface area contributed by atoms with Crippen molar-refractivity contribution in [3.8, 4) is 6.07 Å². The maximum absolute atomic E-state index is 11.0. The van der Waals surface area contributed by atoms with E-state index in [9.17, 15) is 14.9 Å². The minimum absolute atomic E-state index is 0.194. The summed E-state index contributed by atoms with van der Waals surface area (Å²) in [6, 6.07) is 4.51. The van der Waals surface area contributed by atoms with Crippen LogP contribution in [0.5, 0.6) is 0 Å². The van der Waals surface area contributed by atoms with Crippen LogP contribution in [0.25, 0.3) is 0 Å². The third-order valence-electron chi connectivity index (χ3n) is 2.09. The molecule has 1 rings (SSSR count). The van der Waals surface area contributed by atoms with E-state index in [1.54, 1.807) is 0 Å². The molecule has 0 bridgehead atoms. The molecular formula is C10H8N6O4. The summed E-state index contributed by atoms with van der Waals surface area (Å²) >= 11 is 0. The zero-order valence-corrected chi connectivity index (χ0v) is 9.82. The van der Waals surface area contributed by atoms with E-state index in [-0.39, 0.29) is 16.9 Å². The van der Waals surface area contributed by atoms with Crippen LogP contribution < -0.4 is 11.2 Å². The number of nitrogens with two attached hydrogens (primary N) is 1. The van der Waals surface area contributed by atoms with Gasteiger partial charge in [-0.25, -0.2) is 4.79 Å². The van der Waals surface area contributed by atoms with E-state index in [0.717, 1.165) is 18.2 Å². The summed E-state index contributed by atoms with van der Waals surface area (Å²) < 4.78 is 0. The summed E-state index contributed by atoms with van der Waals surface area (Å²) in [6.07, 6.45) is 0. The first-order valence-corrected chi connectivity index (χ1v) is 4.96. The van der Waals surface area contributed by atoms with Crippen LogP contribution in [-0.2, 0) is 0 Å². The van der Waals surface area contributed by atoms with Crippen molar-refractivity contribution in [1.82, 2.24) is 0 Å². The van der Waals surface area contributed by atoms with Crippen LogP contribution in [-0.4, -0.2) is 27.5 Å². The highest BCUT2D eigenvalue weighted by Gasteiger charge is 2.15. The van der Waals surface area contributed by atoms with Crippen molar-refractivity contribution in [3.05, 3.63) is 33.9 Å². The van der Waals surface area contributed by atoms with Crippen LogP contribution in [0.15, 0.2) is 23.3 Å². The molecule has 5 N–H and O–H groups in total. The Bertz CT molecular complexity index is 660. The number of benzene rings is 1. The topological polar surface area (TPSA) is 178 Å². The third kappa shape index (κ3) is 3.26. The van der Waals surface area contributed by atoms with Crippen molar-refractivity contribution in [2.45, 2.75) is 0 Å². The van der Waals surface area contributed by atoms with E-state index in [2.05, 4.69) is 10.5 Å². The van der Waals surface area contributed by atoms with Crippen molar-refractivity contribution in [3.63, 3.8) is 0 Å². The molecule has 0 aliphatic heterocycles. The molecule has 0 aliphatic carbocycles. The number of nitro groups is 1. The second-order valence-corrected chi connectivity index (χ2v) is 3.39. The number of hydrogen-bond donors (Lipinski definition) is 4. The van der Waals surface area contributed by atoms with Gasteiger partial charge in [0, 0.05) is 12.1 Å². The van der Waals surface area contributed by atoms with Crippen LogP contribution in [0.2, 0.25) is 0 Å². The van der Waals surface area contributed by atoms with E-state index >= 15 is 0 Å². The van der Waals surface area contributed by atoms with E-state index < -0.39 is 22.4 Å². The second kappa shape index (κ2) is 5.91. The van der Waals surface area contributed by atoms with Crippen molar-refractivity contribution in [2.75, 3.05) is 5.43 Å². The Morgan fingerprint density at radius 2 is 2.25 bits per heavy atom. The SMILES string of the molecule is N#C/C(=N\Nc1cc([N+](=O)[O-])ccc1C(=O)O)C(=N)N. The molecule has 0 unspecified atom stereocenters.